The monoisotopic (exact) mass is 416 g/mol. The zero-order valence-corrected chi connectivity index (χ0v) is 17.6. The first kappa shape index (κ1) is 21.1. The van der Waals surface area contributed by atoms with Crippen molar-refractivity contribution in [1.82, 2.24) is 10.2 Å². The maximum atomic E-state index is 12.7. The Balaban J connectivity index is 1.24. The molecule has 0 saturated carbocycles. The second kappa shape index (κ2) is 10.2. The molecule has 0 aliphatic carbocycles. The fourth-order valence-corrected chi connectivity index (χ4v) is 4.05. The van der Waals surface area contributed by atoms with E-state index in [1.54, 1.807) is 6.07 Å². The third kappa shape index (κ3) is 5.70. The van der Waals surface area contributed by atoms with Gasteiger partial charge in [-0.15, -0.1) is 0 Å². The van der Waals surface area contributed by atoms with E-state index < -0.39 is 0 Å². The molecule has 5 heteroatoms. The smallest absolute Gasteiger partial charge is 0.251 e. The van der Waals surface area contributed by atoms with E-state index in [0.717, 1.165) is 35.7 Å². The van der Waals surface area contributed by atoms with Crippen LogP contribution in [0.5, 0.6) is 0 Å². The lowest BCUT2D eigenvalue weighted by atomic mass is 9.99. The van der Waals surface area contributed by atoms with Crippen LogP contribution in [0.3, 0.4) is 0 Å². The zero-order chi connectivity index (χ0) is 21.5. The fourth-order valence-electron chi connectivity index (χ4n) is 4.05. The van der Waals surface area contributed by atoms with Crippen molar-refractivity contribution in [1.29, 1.82) is 0 Å². The summed E-state index contributed by atoms with van der Waals surface area (Å²) in [7, 11) is 0. The van der Waals surface area contributed by atoms with Gasteiger partial charge in [-0.1, -0.05) is 60.7 Å². The number of nitrogens with zero attached hydrogens (tertiary/aromatic N) is 1. The van der Waals surface area contributed by atoms with Gasteiger partial charge in [0, 0.05) is 18.7 Å². The highest BCUT2D eigenvalue weighted by Gasteiger charge is 2.24. The molecule has 3 aromatic rings. The van der Waals surface area contributed by atoms with Gasteiger partial charge in [-0.3, -0.25) is 9.59 Å². The summed E-state index contributed by atoms with van der Waals surface area (Å²) < 4.78 is 5.87. The van der Waals surface area contributed by atoms with Gasteiger partial charge in [0.1, 0.15) is 0 Å². The normalized spacial score (nSPS) is 16.3. The number of nitrogens with one attached hydrogen (secondary N) is 1. The molecule has 1 heterocycles. The lowest BCUT2D eigenvalue weighted by molar-refractivity contribution is -0.132. The van der Waals surface area contributed by atoms with E-state index in [1.165, 1.54) is 0 Å². The average molecular weight is 417 g/mol. The van der Waals surface area contributed by atoms with Crippen molar-refractivity contribution in [3.8, 4) is 0 Å². The van der Waals surface area contributed by atoms with Gasteiger partial charge in [-0.2, -0.15) is 0 Å². The summed E-state index contributed by atoms with van der Waals surface area (Å²) in [5, 5.41) is 4.88. The molecule has 1 fully saturated rings. The number of fused-ring (bicyclic) bond motifs is 1. The average Bonchev–Trinajstić information content (AvgIpc) is 2.83. The molecule has 160 valence electrons. The van der Waals surface area contributed by atoms with Gasteiger partial charge < -0.3 is 15.0 Å². The summed E-state index contributed by atoms with van der Waals surface area (Å²) in [5.41, 5.74) is 1.72. The van der Waals surface area contributed by atoms with Crippen LogP contribution in [0.1, 0.15) is 28.8 Å². The molecule has 1 unspecified atom stereocenters. The summed E-state index contributed by atoms with van der Waals surface area (Å²) >= 11 is 0. The Morgan fingerprint density at radius 1 is 0.968 bits per heavy atom. The first-order valence-electron chi connectivity index (χ1n) is 10.9. The van der Waals surface area contributed by atoms with Crippen molar-refractivity contribution in [2.24, 2.45) is 5.92 Å². The topological polar surface area (TPSA) is 58.6 Å². The number of carbonyl (C=O) groups is 2. The predicted molar refractivity (Wildman–Crippen MR) is 122 cm³/mol. The van der Waals surface area contributed by atoms with E-state index >= 15 is 0 Å². The maximum Gasteiger partial charge on any atom is 0.251 e. The van der Waals surface area contributed by atoms with Crippen LogP contribution >= 0.6 is 0 Å². The summed E-state index contributed by atoms with van der Waals surface area (Å²) in [4.78, 5) is 27.0. The first-order valence-corrected chi connectivity index (χ1v) is 10.9. The van der Waals surface area contributed by atoms with Gasteiger partial charge >= 0.3 is 0 Å². The summed E-state index contributed by atoms with van der Waals surface area (Å²) in [6.07, 6.45) is 2.02. The highest BCUT2D eigenvalue weighted by Crippen LogP contribution is 2.18. The molecule has 0 aromatic heterocycles. The molecule has 1 saturated heterocycles. The number of benzene rings is 3. The van der Waals surface area contributed by atoms with E-state index in [9.17, 15) is 9.59 Å². The number of rotatable bonds is 7. The molecule has 5 nitrogen and oxygen atoms in total. The minimum atomic E-state index is -0.223. The highest BCUT2D eigenvalue weighted by molar-refractivity contribution is 6.00. The Kier molecular flexibility index (Phi) is 6.95. The molecule has 1 aliphatic heterocycles. The second-order valence-corrected chi connectivity index (χ2v) is 8.09. The maximum absolute atomic E-state index is 12.7. The Morgan fingerprint density at radius 2 is 1.74 bits per heavy atom. The molecule has 3 aromatic carbocycles. The Labute approximate surface area is 183 Å². The molecular formula is C26H28N2O3. The molecular weight excluding hydrogens is 388 g/mol. The summed E-state index contributed by atoms with van der Waals surface area (Å²) in [6, 6.07) is 23.6. The van der Waals surface area contributed by atoms with Crippen molar-refractivity contribution in [3.05, 3.63) is 83.9 Å². The minimum Gasteiger partial charge on any atom is -0.376 e. The SMILES string of the molecule is O=C(NCC(=O)N1CCCC(COCc2ccccc2)C1)c1ccc2ccccc2c1. The number of ether oxygens (including phenoxy) is 1. The Hall–Kier alpha value is -3.18. The van der Waals surface area contributed by atoms with Crippen LogP contribution in [-0.4, -0.2) is 43.0 Å². The predicted octanol–water partition coefficient (Wildman–Crippen LogP) is 4.03. The molecule has 1 atom stereocenters. The van der Waals surface area contributed by atoms with Crippen LogP contribution in [0.4, 0.5) is 0 Å². The molecule has 2 amide bonds. The van der Waals surface area contributed by atoms with Crippen molar-refractivity contribution < 1.29 is 14.3 Å². The second-order valence-electron chi connectivity index (χ2n) is 8.09. The van der Waals surface area contributed by atoms with Crippen molar-refractivity contribution in [2.75, 3.05) is 26.2 Å². The van der Waals surface area contributed by atoms with E-state index in [0.29, 0.717) is 31.2 Å². The quantitative estimate of drug-likeness (QED) is 0.633. The van der Waals surface area contributed by atoms with Gasteiger partial charge in [0.2, 0.25) is 5.91 Å². The van der Waals surface area contributed by atoms with Gasteiger partial charge in [0.15, 0.2) is 0 Å². The molecule has 0 bridgehead atoms. The largest absolute Gasteiger partial charge is 0.376 e. The molecule has 31 heavy (non-hydrogen) atoms. The number of hydrogen-bond donors (Lipinski definition) is 1. The molecule has 1 N–H and O–H groups in total. The van der Waals surface area contributed by atoms with Gasteiger partial charge in [0.25, 0.3) is 5.91 Å². The van der Waals surface area contributed by atoms with E-state index in [2.05, 4.69) is 17.4 Å². The number of piperidine rings is 1. The first-order chi connectivity index (χ1) is 15.2. The van der Waals surface area contributed by atoms with Crippen molar-refractivity contribution in [2.45, 2.75) is 19.4 Å². The zero-order valence-electron chi connectivity index (χ0n) is 17.6. The van der Waals surface area contributed by atoms with E-state index in [-0.39, 0.29) is 18.4 Å². The molecule has 0 spiro atoms. The number of amides is 2. The van der Waals surface area contributed by atoms with E-state index in [4.69, 9.17) is 4.74 Å². The third-order valence-electron chi connectivity index (χ3n) is 5.75. The van der Waals surface area contributed by atoms with Crippen molar-refractivity contribution >= 4 is 22.6 Å². The summed E-state index contributed by atoms with van der Waals surface area (Å²) in [5.74, 6) is 0.0679. The highest BCUT2D eigenvalue weighted by atomic mass is 16.5. The van der Waals surface area contributed by atoms with Crippen LogP contribution in [0.25, 0.3) is 10.8 Å². The third-order valence-corrected chi connectivity index (χ3v) is 5.75. The molecule has 1 aliphatic rings. The van der Waals surface area contributed by atoms with Gasteiger partial charge in [0.05, 0.1) is 19.8 Å². The lowest BCUT2D eigenvalue weighted by Gasteiger charge is -2.32. The van der Waals surface area contributed by atoms with Crippen molar-refractivity contribution in [3.63, 3.8) is 0 Å². The molecule has 4 rings (SSSR count). The molecule has 0 radical (unpaired) electrons. The van der Waals surface area contributed by atoms with Crippen LogP contribution < -0.4 is 5.32 Å². The number of likely N-dealkylation sites (tertiary alicyclic amines) is 1. The van der Waals surface area contributed by atoms with Gasteiger partial charge in [-0.25, -0.2) is 0 Å². The minimum absolute atomic E-state index is 0.0171. The fraction of sp³-hybridized carbons (Fsp3) is 0.308. The lowest BCUT2D eigenvalue weighted by Crippen LogP contribution is -2.45. The van der Waals surface area contributed by atoms with Crippen LogP contribution in [0.2, 0.25) is 0 Å². The Bertz CT molecular complexity index is 1040. The van der Waals surface area contributed by atoms with Crippen LogP contribution in [0.15, 0.2) is 72.8 Å². The summed E-state index contributed by atoms with van der Waals surface area (Å²) in [6.45, 7) is 2.66. The van der Waals surface area contributed by atoms with Gasteiger partial charge in [-0.05, 0) is 47.2 Å². The Morgan fingerprint density at radius 3 is 2.58 bits per heavy atom. The number of hydrogen-bond acceptors (Lipinski definition) is 3. The van der Waals surface area contributed by atoms with Crippen LogP contribution in [0, 0.1) is 5.92 Å². The standard InChI is InChI=1S/C26H28N2O3/c29-25(16-27-26(30)24-13-12-22-10-4-5-11-23(22)15-24)28-14-6-9-21(17-28)19-31-18-20-7-2-1-3-8-20/h1-5,7-8,10-13,15,21H,6,9,14,16-19H2,(H,27,30). The van der Waals surface area contributed by atoms with E-state index in [1.807, 2.05) is 59.5 Å². The van der Waals surface area contributed by atoms with Crippen LogP contribution in [-0.2, 0) is 16.1 Å². The number of carbonyl (C=O) groups excluding carboxylic acids is 2.